The average molecular weight is 380 g/mol. The molecule has 0 fully saturated rings. The van der Waals surface area contributed by atoms with Crippen LogP contribution in [0.2, 0.25) is 0 Å². The first-order valence-corrected chi connectivity index (χ1v) is 10.3. The summed E-state index contributed by atoms with van der Waals surface area (Å²) in [7, 11) is -3.55. The molecule has 1 amide bonds. The van der Waals surface area contributed by atoms with E-state index in [0.717, 1.165) is 5.03 Å². The van der Waals surface area contributed by atoms with Crippen molar-refractivity contribution in [2.24, 2.45) is 0 Å². The molecule has 1 heterocycles. The third-order valence-electron chi connectivity index (χ3n) is 3.45. The lowest BCUT2D eigenvalue weighted by molar-refractivity contribution is -0.113. The monoisotopic (exact) mass is 379 g/mol. The molecule has 1 N–H and O–H groups in total. The van der Waals surface area contributed by atoms with Crippen LogP contribution in [0.1, 0.15) is 13.8 Å². The van der Waals surface area contributed by atoms with Crippen molar-refractivity contribution in [1.29, 1.82) is 0 Å². The Balaban J connectivity index is 2.05. The highest BCUT2D eigenvalue weighted by Gasteiger charge is 2.21. The number of thioether (sulfide) groups is 1. The number of amides is 1. The van der Waals surface area contributed by atoms with Crippen molar-refractivity contribution < 1.29 is 13.2 Å². The summed E-state index contributed by atoms with van der Waals surface area (Å²) in [4.78, 5) is 16.4. The maximum atomic E-state index is 12.5. The minimum atomic E-state index is -3.55. The normalized spacial score (nSPS) is 11.5. The number of sulfonamides is 1. The summed E-state index contributed by atoms with van der Waals surface area (Å²) in [5, 5.41) is 3.49. The van der Waals surface area contributed by atoms with Crippen LogP contribution in [0.3, 0.4) is 0 Å². The van der Waals surface area contributed by atoms with Crippen molar-refractivity contribution in [3.8, 4) is 0 Å². The molecule has 0 atom stereocenters. The highest BCUT2D eigenvalue weighted by Crippen LogP contribution is 2.20. The third kappa shape index (κ3) is 5.29. The maximum Gasteiger partial charge on any atom is 0.243 e. The summed E-state index contributed by atoms with van der Waals surface area (Å²) < 4.78 is 26.5. The number of carbonyl (C=O) groups excluding carboxylic acids is 1. The minimum Gasteiger partial charge on any atom is -0.325 e. The quantitative estimate of drug-likeness (QED) is 0.714. The number of benzene rings is 1. The molecular weight excluding hydrogens is 358 g/mol. The first-order valence-electron chi connectivity index (χ1n) is 7.91. The number of hydrogen-bond acceptors (Lipinski definition) is 5. The number of anilines is 1. The van der Waals surface area contributed by atoms with Gasteiger partial charge in [-0.15, -0.1) is 0 Å². The number of hydrogen-bond donors (Lipinski definition) is 1. The summed E-state index contributed by atoms with van der Waals surface area (Å²) in [5.74, 6) is -0.0163. The maximum absolute atomic E-state index is 12.5. The van der Waals surface area contributed by atoms with Gasteiger partial charge in [-0.3, -0.25) is 4.79 Å². The topological polar surface area (TPSA) is 79.4 Å². The van der Waals surface area contributed by atoms with Crippen molar-refractivity contribution >= 4 is 33.4 Å². The summed E-state index contributed by atoms with van der Waals surface area (Å²) in [6.45, 7) is 4.38. The molecule has 1 aromatic heterocycles. The average Bonchev–Trinajstić information content (AvgIpc) is 2.62. The van der Waals surface area contributed by atoms with Gasteiger partial charge in [0.25, 0.3) is 0 Å². The van der Waals surface area contributed by atoms with Crippen molar-refractivity contribution in [3.05, 3.63) is 48.7 Å². The molecule has 0 aliphatic heterocycles. The van der Waals surface area contributed by atoms with Gasteiger partial charge in [-0.05, 0) is 30.3 Å². The van der Waals surface area contributed by atoms with Gasteiger partial charge in [-0.1, -0.05) is 37.7 Å². The van der Waals surface area contributed by atoms with Crippen LogP contribution in [-0.4, -0.2) is 42.5 Å². The van der Waals surface area contributed by atoms with E-state index in [0.29, 0.717) is 18.8 Å². The highest BCUT2D eigenvalue weighted by atomic mass is 32.2. The SMILES string of the molecule is CCN(CC)S(=O)(=O)c1cccc(NC(=O)CSc2ccccn2)c1. The third-order valence-corrected chi connectivity index (χ3v) is 6.44. The van der Waals surface area contributed by atoms with Crippen LogP contribution < -0.4 is 5.32 Å². The molecule has 6 nitrogen and oxygen atoms in total. The van der Waals surface area contributed by atoms with E-state index in [9.17, 15) is 13.2 Å². The molecule has 0 aliphatic rings. The van der Waals surface area contributed by atoms with Gasteiger partial charge in [0, 0.05) is 25.0 Å². The Morgan fingerprint density at radius 2 is 1.92 bits per heavy atom. The first-order chi connectivity index (χ1) is 12.0. The number of nitrogens with zero attached hydrogens (tertiary/aromatic N) is 2. The van der Waals surface area contributed by atoms with E-state index in [-0.39, 0.29) is 16.6 Å². The summed E-state index contributed by atoms with van der Waals surface area (Å²) in [6.07, 6.45) is 1.67. The lowest BCUT2D eigenvalue weighted by Gasteiger charge is -2.18. The second-order valence-corrected chi connectivity index (χ2v) is 8.06. The lowest BCUT2D eigenvalue weighted by Crippen LogP contribution is -2.30. The number of nitrogens with one attached hydrogen (secondary N) is 1. The van der Waals surface area contributed by atoms with Gasteiger partial charge in [0.2, 0.25) is 15.9 Å². The molecular formula is C17H21N3O3S2. The molecule has 134 valence electrons. The van der Waals surface area contributed by atoms with Crippen LogP contribution in [0.25, 0.3) is 0 Å². The minimum absolute atomic E-state index is 0.173. The van der Waals surface area contributed by atoms with E-state index < -0.39 is 10.0 Å². The molecule has 25 heavy (non-hydrogen) atoms. The van der Waals surface area contributed by atoms with Crippen molar-refractivity contribution in [1.82, 2.24) is 9.29 Å². The van der Waals surface area contributed by atoms with Gasteiger partial charge < -0.3 is 5.32 Å². The number of pyridine rings is 1. The largest absolute Gasteiger partial charge is 0.325 e. The second-order valence-electron chi connectivity index (χ2n) is 5.12. The van der Waals surface area contributed by atoms with Crippen molar-refractivity contribution in [2.75, 3.05) is 24.2 Å². The Hall–Kier alpha value is -1.90. The van der Waals surface area contributed by atoms with Crippen LogP contribution in [0.4, 0.5) is 5.69 Å². The highest BCUT2D eigenvalue weighted by molar-refractivity contribution is 7.99. The smallest absolute Gasteiger partial charge is 0.243 e. The van der Waals surface area contributed by atoms with Crippen LogP contribution >= 0.6 is 11.8 Å². The molecule has 0 radical (unpaired) electrons. The molecule has 0 aliphatic carbocycles. The number of rotatable bonds is 8. The predicted molar refractivity (Wildman–Crippen MR) is 100 cm³/mol. The molecule has 0 unspecified atom stereocenters. The van der Waals surface area contributed by atoms with Crippen LogP contribution in [0.5, 0.6) is 0 Å². The molecule has 1 aromatic carbocycles. The molecule has 0 spiro atoms. The Morgan fingerprint density at radius 1 is 1.16 bits per heavy atom. The van der Waals surface area contributed by atoms with Gasteiger partial charge in [-0.2, -0.15) is 4.31 Å². The van der Waals surface area contributed by atoms with Gasteiger partial charge in [0.15, 0.2) is 0 Å². The zero-order valence-electron chi connectivity index (χ0n) is 14.2. The van der Waals surface area contributed by atoms with E-state index in [1.54, 1.807) is 32.2 Å². The Kier molecular flexibility index (Phi) is 6.98. The fourth-order valence-electron chi connectivity index (χ4n) is 2.22. The van der Waals surface area contributed by atoms with E-state index in [2.05, 4.69) is 10.3 Å². The number of aromatic nitrogens is 1. The van der Waals surface area contributed by atoms with Crippen molar-refractivity contribution in [2.45, 2.75) is 23.8 Å². The van der Waals surface area contributed by atoms with Crippen LogP contribution in [0, 0.1) is 0 Å². The summed E-state index contributed by atoms with van der Waals surface area (Å²) in [6, 6.07) is 11.8. The lowest BCUT2D eigenvalue weighted by atomic mass is 10.3. The fourth-order valence-corrected chi connectivity index (χ4v) is 4.38. The standard InChI is InChI=1S/C17H21N3O3S2/c1-3-20(4-2)25(22,23)15-9-7-8-14(12-15)19-16(21)13-24-17-10-5-6-11-18-17/h5-12H,3-4,13H2,1-2H3,(H,19,21). The van der Waals surface area contributed by atoms with Gasteiger partial charge in [-0.25, -0.2) is 13.4 Å². The summed E-state index contributed by atoms with van der Waals surface area (Å²) in [5.41, 5.74) is 0.458. The second kappa shape index (κ2) is 8.98. The van der Waals surface area contributed by atoms with E-state index in [1.165, 1.54) is 28.2 Å². The zero-order chi connectivity index (χ0) is 18.3. The summed E-state index contributed by atoms with van der Waals surface area (Å²) >= 11 is 1.32. The van der Waals surface area contributed by atoms with Gasteiger partial charge in [0.05, 0.1) is 15.7 Å². The molecule has 0 saturated heterocycles. The van der Waals surface area contributed by atoms with Crippen molar-refractivity contribution in [3.63, 3.8) is 0 Å². The van der Waals surface area contributed by atoms with Gasteiger partial charge >= 0.3 is 0 Å². The van der Waals surface area contributed by atoms with Crippen LogP contribution in [0.15, 0.2) is 58.6 Å². The van der Waals surface area contributed by atoms with Gasteiger partial charge in [0.1, 0.15) is 0 Å². The van der Waals surface area contributed by atoms with E-state index in [1.807, 2.05) is 18.2 Å². The van der Waals surface area contributed by atoms with Crippen LogP contribution in [-0.2, 0) is 14.8 Å². The molecule has 2 rings (SSSR count). The first kappa shape index (κ1) is 19.4. The van der Waals surface area contributed by atoms with E-state index in [4.69, 9.17) is 0 Å². The predicted octanol–water partition coefficient (Wildman–Crippen LogP) is 2.84. The molecule has 8 heteroatoms. The number of carbonyl (C=O) groups is 1. The Labute approximate surface area is 152 Å². The molecule has 2 aromatic rings. The Bertz CT molecular complexity index is 807. The fraction of sp³-hybridized carbons (Fsp3) is 0.294. The Morgan fingerprint density at radius 3 is 2.56 bits per heavy atom. The molecule has 0 bridgehead atoms. The van der Waals surface area contributed by atoms with E-state index >= 15 is 0 Å². The zero-order valence-corrected chi connectivity index (χ0v) is 15.8. The molecule has 0 saturated carbocycles.